The van der Waals surface area contributed by atoms with Gasteiger partial charge in [-0.05, 0) is 28.9 Å². The highest BCUT2D eigenvalue weighted by atomic mass is 16.1. The van der Waals surface area contributed by atoms with Crippen molar-refractivity contribution >= 4 is 5.78 Å². The first-order chi connectivity index (χ1) is 8.09. The molecule has 0 radical (unpaired) electrons. The second-order valence-corrected chi connectivity index (χ2v) is 7.31. The Morgan fingerprint density at radius 2 is 1.67 bits per heavy atom. The van der Waals surface area contributed by atoms with E-state index in [1.807, 2.05) is 18.2 Å². The van der Waals surface area contributed by atoms with Gasteiger partial charge in [0.15, 0.2) is 5.78 Å². The molecule has 0 fully saturated rings. The highest BCUT2D eigenvalue weighted by molar-refractivity contribution is 5.96. The van der Waals surface area contributed by atoms with Crippen LogP contribution in [0, 0.1) is 5.41 Å². The lowest BCUT2D eigenvalue weighted by molar-refractivity contribution is 0.0966. The van der Waals surface area contributed by atoms with E-state index < -0.39 is 0 Å². The van der Waals surface area contributed by atoms with Gasteiger partial charge in [0.25, 0.3) is 0 Å². The van der Waals surface area contributed by atoms with Crippen LogP contribution in [0.15, 0.2) is 24.3 Å². The first kappa shape index (κ1) is 14.9. The molecule has 18 heavy (non-hydrogen) atoms. The minimum atomic E-state index is 0.0975. The van der Waals surface area contributed by atoms with Crippen LogP contribution in [0.5, 0.6) is 0 Å². The second-order valence-electron chi connectivity index (χ2n) is 7.31. The Labute approximate surface area is 112 Å². The van der Waals surface area contributed by atoms with Crippen molar-refractivity contribution in [3.63, 3.8) is 0 Å². The lowest BCUT2D eigenvalue weighted by atomic mass is 9.84. The predicted molar refractivity (Wildman–Crippen MR) is 78.2 cm³/mol. The van der Waals surface area contributed by atoms with Gasteiger partial charge in [-0.15, -0.1) is 0 Å². The van der Waals surface area contributed by atoms with Crippen LogP contribution in [0.4, 0.5) is 0 Å². The van der Waals surface area contributed by atoms with Gasteiger partial charge in [-0.2, -0.15) is 0 Å². The first-order valence-electron chi connectivity index (χ1n) is 6.73. The van der Waals surface area contributed by atoms with Crippen molar-refractivity contribution in [2.75, 3.05) is 0 Å². The third-order valence-corrected chi connectivity index (χ3v) is 3.15. The van der Waals surface area contributed by atoms with Crippen molar-refractivity contribution in [3.05, 3.63) is 35.4 Å². The van der Waals surface area contributed by atoms with Crippen molar-refractivity contribution in [1.29, 1.82) is 0 Å². The standard InChI is InChI=1S/C17H26O/c1-16(2,3)11-10-15(18)13-8-7-9-14(12-13)17(4,5)6/h7-9,12H,10-11H2,1-6H3. The highest BCUT2D eigenvalue weighted by Gasteiger charge is 2.17. The van der Waals surface area contributed by atoms with Gasteiger partial charge < -0.3 is 0 Å². The molecule has 1 heteroatoms. The molecule has 0 aliphatic heterocycles. The average Bonchev–Trinajstić information content (AvgIpc) is 2.24. The van der Waals surface area contributed by atoms with E-state index in [4.69, 9.17) is 0 Å². The third-order valence-electron chi connectivity index (χ3n) is 3.15. The molecule has 1 nitrogen and oxygen atoms in total. The number of Topliss-reactive ketones (excluding diaryl/α,β-unsaturated/α-hetero) is 1. The zero-order chi connectivity index (χ0) is 14.0. The van der Waals surface area contributed by atoms with E-state index in [2.05, 4.69) is 47.6 Å². The molecule has 100 valence electrons. The molecule has 0 aromatic heterocycles. The summed E-state index contributed by atoms with van der Waals surface area (Å²) in [5.41, 5.74) is 2.40. The fourth-order valence-electron chi connectivity index (χ4n) is 1.79. The van der Waals surface area contributed by atoms with Gasteiger partial charge in [0.1, 0.15) is 0 Å². The molecule has 0 aliphatic rings. The minimum Gasteiger partial charge on any atom is -0.294 e. The lowest BCUT2D eigenvalue weighted by Crippen LogP contribution is -2.13. The summed E-state index contributed by atoms with van der Waals surface area (Å²) in [6, 6.07) is 8.07. The number of rotatable bonds is 3. The van der Waals surface area contributed by atoms with E-state index in [-0.39, 0.29) is 16.6 Å². The molecule has 0 saturated carbocycles. The largest absolute Gasteiger partial charge is 0.294 e. The smallest absolute Gasteiger partial charge is 0.162 e. The number of hydrogen-bond acceptors (Lipinski definition) is 1. The van der Waals surface area contributed by atoms with Crippen LogP contribution in [0.3, 0.4) is 0 Å². The number of benzene rings is 1. The molecule has 0 atom stereocenters. The second kappa shape index (κ2) is 5.26. The molecule has 1 aromatic rings. The fourth-order valence-corrected chi connectivity index (χ4v) is 1.79. The van der Waals surface area contributed by atoms with Gasteiger partial charge in [0.05, 0.1) is 0 Å². The summed E-state index contributed by atoms with van der Waals surface area (Å²) in [6.45, 7) is 13.0. The van der Waals surface area contributed by atoms with Crippen molar-refractivity contribution in [2.24, 2.45) is 5.41 Å². The van der Waals surface area contributed by atoms with Gasteiger partial charge in [-0.3, -0.25) is 4.79 Å². The van der Waals surface area contributed by atoms with Crippen LogP contribution >= 0.6 is 0 Å². The molecule has 0 heterocycles. The summed E-state index contributed by atoms with van der Waals surface area (Å²) in [7, 11) is 0. The van der Waals surface area contributed by atoms with Crippen LogP contribution in [0.25, 0.3) is 0 Å². The Kier molecular flexibility index (Phi) is 4.37. The zero-order valence-electron chi connectivity index (χ0n) is 12.6. The molecular formula is C17H26O. The Bertz CT molecular complexity index is 416. The first-order valence-corrected chi connectivity index (χ1v) is 6.73. The lowest BCUT2D eigenvalue weighted by Gasteiger charge is -2.20. The van der Waals surface area contributed by atoms with Crippen LogP contribution < -0.4 is 0 Å². The van der Waals surface area contributed by atoms with E-state index >= 15 is 0 Å². The van der Waals surface area contributed by atoms with Crippen LogP contribution in [0.1, 0.15) is 70.3 Å². The third kappa shape index (κ3) is 4.64. The van der Waals surface area contributed by atoms with E-state index in [0.717, 1.165) is 12.0 Å². The van der Waals surface area contributed by atoms with Crippen molar-refractivity contribution in [1.82, 2.24) is 0 Å². The maximum Gasteiger partial charge on any atom is 0.162 e. The Balaban J connectivity index is 2.81. The summed E-state index contributed by atoms with van der Waals surface area (Å²) in [6.07, 6.45) is 1.57. The molecule has 0 amide bonds. The SMILES string of the molecule is CC(C)(C)CCC(=O)c1cccc(C(C)(C)C)c1. The number of ketones is 1. The number of carbonyl (C=O) groups excluding carboxylic acids is 1. The number of hydrogen-bond donors (Lipinski definition) is 0. The van der Waals surface area contributed by atoms with Crippen LogP contribution in [-0.4, -0.2) is 5.78 Å². The van der Waals surface area contributed by atoms with Gasteiger partial charge in [-0.1, -0.05) is 59.7 Å². The molecule has 1 rings (SSSR count). The molecular weight excluding hydrogens is 220 g/mol. The molecule has 0 aliphatic carbocycles. The Morgan fingerprint density at radius 3 is 2.17 bits per heavy atom. The molecule has 1 aromatic carbocycles. The molecule has 0 unspecified atom stereocenters. The van der Waals surface area contributed by atoms with Crippen molar-refractivity contribution in [2.45, 2.75) is 59.8 Å². The Hall–Kier alpha value is -1.11. The minimum absolute atomic E-state index is 0.0975. The maximum absolute atomic E-state index is 12.2. The fraction of sp³-hybridized carbons (Fsp3) is 0.588. The number of carbonyl (C=O) groups is 1. The van der Waals surface area contributed by atoms with E-state index in [0.29, 0.717) is 6.42 Å². The van der Waals surface area contributed by atoms with Gasteiger partial charge in [0.2, 0.25) is 0 Å². The van der Waals surface area contributed by atoms with Crippen molar-refractivity contribution < 1.29 is 4.79 Å². The maximum atomic E-state index is 12.2. The monoisotopic (exact) mass is 246 g/mol. The average molecular weight is 246 g/mol. The summed E-state index contributed by atoms with van der Waals surface area (Å²) in [5.74, 6) is 0.260. The highest BCUT2D eigenvalue weighted by Crippen LogP contribution is 2.25. The van der Waals surface area contributed by atoms with Crippen LogP contribution in [-0.2, 0) is 5.41 Å². The van der Waals surface area contributed by atoms with E-state index in [9.17, 15) is 4.79 Å². The quantitative estimate of drug-likeness (QED) is 0.686. The summed E-state index contributed by atoms with van der Waals surface area (Å²) < 4.78 is 0. The summed E-state index contributed by atoms with van der Waals surface area (Å²) in [5, 5.41) is 0. The Morgan fingerprint density at radius 1 is 1.06 bits per heavy atom. The summed E-state index contributed by atoms with van der Waals surface area (Å²) >= 11 is 0. The molecule has 0 spiro atoms. The van der Waals surface area contributed by atoms with E-state index in [1.165, 1.54) is 5.56 Å². The zero-order valence-corrected chi connectivity index (χ0v) is 12.6. The van der Waals surface area contributed by atoms with Crippen LogP contribution in [0.2, 0.25) is 0 Å². The van der Waals surface area contributed by atoms with E-state index in [1.54, 1.807) is 0 Å². The topological polar surface area (TPSA) is 17.1 Å². The van der Waals surface area contributed by atoms with Crippen molar-refractivity contribution in [3.8, 4) is 0 Å². The molecule has 0 bridgehead atoms. The van der Waals surface area contributed by atoms with Gasteiger partial charge in [0, 0.05) is 12.0 Å². The van der Waals surface area contributed by atoms with Gasteiger partial charge >= 0.3 is 0 Å². The predicted octanol–water partition coefficient (Wildman–Crippen LogP) is 4.99. The molecule has 0 N–H and O–H groups in total. The normalized spacial score (nSPS) is 12.6. The summed E-state index contributed by atoms with van der Waals surface area (Å²) in [4.78, 5) is 12.2. The molecule has 0 saturated heterocycles. The van der Waals surface area contributed by atoms with Gasteiger partial charge in [-0.25, -0.2) is 0 Å².